The van der Waals surface area contributed by atoms with Gasteiger partial charge in [0.1, 0.15) is 5.69 Å². The third-order valence-electron chi connectivity index (χ3n) is 2.61. The highest BCUT2D eigenvalue weighted by Crippen LogP contribution is 2.10. The monoisotopic (exact) mass is 218 g/mol. The molecule has 0 aliphatic heterocycles. The summed E-state index contributed by atoms with van der Waals surface area (Å²) in [6.45, 7) is 0.619. The molecule has 0 aromatic carbocycles. The van der Waals surface area contributed by atoms with Gasteiger partial charge in [-0.05, 0) is 25.0 Å². The van der Waals surface area contributed by atoms with Crippen LogP contribution in [-0.4, -0.2) is 22.1 Å². The molecule has 1 heterocycles. The highest BCUT2D eigenvalue weighted by molar-refractivity contribution is 5.85. The van der Waals surface area contributed by atoms with Crippen LogP contribution in [0.1, 0.15) is 29.0 Å². The van der Waals surface area contributed by atoms with Crippen LogP contribution in [-0.2, 0) is 6.54 Å². The standard InChI is InChI=1S/C12H14N2O2/c15-12(16)11-7-3-6-10(14-11)8-13-9-4-1-2-5-9/h1-3,6-7,9,13H,4-5,8H2,(H,15,16). The maximum atomic E-state index is 10.7. The molecule has 0 bridgehead atoms. The molecule has 0 radical (unpaired) electrons. The average molecular weight is 218 g/mol. The van der Waals surface area contributed by atoms with E-state index < -0.39 is 5.97 Å². The molecule has 1 aliphatic rings. The predicted octanol–water partition coefficient (Wildman–Crippen LogP) is 1.59. The zero-order valence-electron chi connectivity index (χ0n) is 8.89. The molecular weight excluding hydrogens is 204 g/mol. The fraction of sp³-hybridized carbons (Fsp3) is 0.333. The van der Waals surface area contributed by atoms with Gasteiger partial charge >= 0.3 is 5.97 Å². The average Bonchev–Trinajstić information content (AvgIpc) is 2.79. The smallest absolute Gasteiger partial charge is 0.354 e. The van der Waals surface area contributed by atoms with Crippen molar-refractivity contribution in [1.82, 2.24) is 10.3 Å². The Bertz CT molecular complexity index is 407. The summed E-state index contributed by atoms with van der Waals surface area (Å²) in [5.41, 5.74) is 0.871. The predicted molar refractivity (Wildman–Crippen MR) is 60.2 cm³/mol. The van der Waals surface area contributed by atoms with Gasteiger partial charge < -0.3 is 10.4 Å². The zero-order valence-corrected chi connectivity index (χ0v) is 8.89. The van der Waals surface area contributed by atoms with Crippen LogP contribution in [0.25, 0.3) is 0 Å². The second-order valence-electron chi connectivity index (χ2n) is 3.84. The molecule has 0 fully saturated rings. The number of hydrogen-bond donors (Lipinski definition) is 2. The summed E-state index contributed by atoms with van der Waals surface area (Å²) in [5.74, 6) is -0.982. The van der Waals surface area contributed by atoms with E-state index in [4.69, 9.17) is 5.11 Å². The normalized spacial score (nSPS) is 15.5. The van der Waals surface area contributed by atoms with Crippen LogP contribution in [0, 0.1) is 0 Å². The molecule has 0 saturated heterocycles. The Morgan fingerprint density at radius 2 is 2.19 bits per heavy atom. The zero-order chi connectivity index (χ0) is 11.4. The number of nitrogens with zero attached hydrogens (tertiary/aromatic N) is 1. The molecule has 1 aromatic heterocycles. The summed E-state index contributed by atoms with van der Waals surface area (Å²) < 4.78 is 0. The second kappa shape index (κ2) is 4.90. The minimum Gasteiger partial charge on any atom is -0.477 e. The first-order chi connectivity index (χ1) is 7.75. The minimum atomic E-state index is -0.982. The summed E-state index contributed by atoms with van der Waals surface area (Å²) in [5, 5.41) is 12.1. The van der Waals surface area contributed by atoms with E-state index in [0.29, 0.717) is 12.6 Å². The third-order valence-corrected chi connectivity index (χ3v) is 2.61. The Hall–Kier alpha value is -1.68. The summed E-state index contributed by atoms with van der Waals surface area (Å²) in [6, 6.07) is 5.53. The van der Waals surface area contributed by atoms with Crippen molar-refractivity contribution in [3.8, 4) is 0 Å². The molecule has 0 amide bonds. The maximum Gasteiger partial charge on any atom is 0.354 e. The summed E-state index contributed by atoms with van der Waals surface area (Å²) >= 11 is 0. The largest absolute Gasteiger partial charge is 0.477 e. The van der Waals surface area contributed by atoms with E-state index in [0.717, 1.165) is 18.5 Å². The van der Waals surface area contributed by atoms with Crippen molar-refractivity contribution in [3.63, 3.8) is 0 Å². The number of aromatic nitrogens is 1. The van der Waals surface area contributed by atoms with E-state index in [-0.39, 0.29) is 5.69 Å². The lowest BCUT2D eigenvalue weighted by Gasteiger charge is -2.11. The van der Waals surface area contributed by atoms with Gasteiger partial charge in [-0.15, -0.1) is 0 Å². The van der Waals surface area contributed by atoms with Crippen molar-refractivity contribution >= 4 is 5.97 Å². The van der Waals surface area contributed by atoms with Gasteiger partial charge in [0.05, 0.1) is 5.69 Å². The Morgan fingerprint density at radius 1 is 1.44 bits per heavy atom. The molecule has 2 rings (SSSR count). The van der Waals surface area contributed by atoms with Gasteiger partial charge in [-0.3, -0.25) is 0 Å². The van der Waals surface area contributed by atoms with Crippen molar-refractivity contribution in [3.05, 3.63) is 41.7 Å². The molecule has 0 spiro atoms. The topological polar surface area (TPSA) is 62.2 Å². The minimum absolute atomic E-state index is 0.101. The quantitative estimate of drug-likeness (QED) is 0.753. The van der Waals surface area contributed by atoms with Gasteiger partial charge in [0.2, 0.25) is 0 Å². The molecule has 1 aliphatic carbocycles. The van der Waals surface area contributed by atoms with Crippen molar-refractivity contribution in [1.29, 1.82) is 0 Å². The van der Waals surface area contributed by atoms with Crippen LogP contribution >= 0.6 is 0 Å². The number of carboxylic acids is 1. The van der Waals surface area contributed by atoms with Crippen LogP contribution in [0.4, 0.5) is 0 Å². The lowest BCUT2D eigenvalue weighted by molar-refractivity contribution is 0.0690. The fourth-order valence-corrected chi connectivity index (χ4v) is 1.73. The Morgan fingerprint density at radius 3 is 2.88 bits per heavy atom. The van der Waals surface area contributed by atoms with Gasteiger partial charge in [-0.25, -0.2) is 9.78 Å². The van der Waals surface area contributed by atoms with Crippen LogP contribution in [0.5, 0.6) is 0 Å². The number of rotatable bonds is 4. The van der Waals surface area contributed by atoms with Gasteiger partial charge in [-0.2, -0.15) is 0 Å². The lowest BCUT2D eigenvalue weighted by atomic mass is 10.2. The molecule has 4 nitrogen and oxygen atoms in total. The molecule has 16 heavy (non-hydrogen) atoms. The van der Waals surface area contributed by atoms with E-state index in [1.165, 1.54) is 6.07 Å². The highest BCUT2D eigenvalue weighted by Gasteiger charge is 2.10. The van der Waals surface area contributed by atoms with Crippen LogP contribution in [0.2, 0.25) is 0 Å². The molecule has 0 saturated carbocycles. The maximum absolute atomic E-state index is 10.7. The van der Waals surface area contributed by atoms with Crippen LogP contribution < -0.4 is 5.32 Å². The summed E-state index contributed by atoms with van der Waals surface area (Å²) in [4.78, 5) is 14.8. The molecular formula is C12H14N2O2. The van der Waals surface area contributed by atoms with E-state index >= 15 is 0 Å². The number of nitrogens with one attached hydrogen (secondary N) is 1. The Kier molecular flexibility index (Phi) is 3.31. The van der Waals surface area contributed by atoms with Gasteiger partial charge in [-0.1, -0.05) is 18.2 Å². The number of carboxylic acid groups (broad SMARTS) is 1. The number of pyridine rings is 1. The van der Waals surface area contributed by atoms with Crippen molar-refractivity contribution in [2.75, 3.05) is 0 Å². The molecule has 84 valence electrons. The molecule has 0 atom stereocenters. The van der Waals surface area contributed by atoms with E-state index in [1.54, 1.807) is 6.07 Å². The number of aromatic carboxylic acids is 1. The molecule has 0 unspecified atom stereocenters. The van der Waals surface area contributed by atoms with Gasteiger partial charge in [0.15, 0.2) is 0 Å². The third kappa shape index (κ3) is 2.67. The fourth-order valence-electron chi connectivity index (χ4n) is 1.73. The molecule has 4 heteroatoms. The number of hydrogen-bond acceptors (Lipinski definition) is 3. The molecule has 1 aromatic rings. The van der Waals surface area contributed by atoms with Crippen LogP contribution in [0.3, 0.4) is 0 Å². The first-order valence-corrected chi connectivity index (χ1v) is 5.33. The molecule has 2 N–H and O–H groups in total. The van der Waals surface area contributed by atoms with Gasteiger partial charge in [0, 0.05) is 12.6 Å². The SMILES string of the molecule is O=C(O)c1cccc(CNC2CC=CC2)n1. The second-order valence-corrected chi connectivity index (χ2v) is 3.84. The van der Waals surface area contributed by atoms with E-state index in [1.807, 2.05) is 6.07 Å². The number of carbonyl (C=O) groups is 1. The van der Waals surface area contributed by atoms with E-state index in [2.05, 4.69) is 22.5 Å². The Labute approximate surface area is 94.0 Å². The highest BCUT2D eigenvalue weighted by atomic mass is 16.4. The van der Waals surface area contributed by atoms with Crippen molar-refractivity contribution in [2.24, 2.45) is 0 Å². The van der Waals surface area contributed by atoms with E-state index in [9.17, 15) is 4.79 Å². The van der Waals surface area contributed by atoms with Crippen molar-refractivity contribution < 1.29 is 9.90 Å². The summed E-state index contributed by atoms with van der Waals surface area (Å²) in [6.07, 6.45) is 6.38. The Balaban J connectivity index is 1.93. The van der Waals surface area contributed by atoms with Gasteiger partial charge in [0.25, 0.3) is 0 Å². The summed E-state index contributed by atoms with van der Waals surface area (Å²) in [7, 11) is 0. The lowest BCUT2D eigenvalue weighted by Crippen LogP contribution is -2.26. The van der Waals surface area contributed by atoms with Crippen molar-refractivity contribution in [2.45, 2.75) is 25.4 Å². The van der Waals surface area contributed by atoms with Crippen LogP contribution in [0.15, 0.2) is 30.4 Å². The first kappa shape index (κ1) is 10.8. The first-order valence-electron chi connectivity index (χ1n) is 5.33.